The lowest BCUT2D eigenvalue weighted by Crippen LogP contribution is -1.80. The van der Waals surface area contributed by atoms with Crippen LogP contribution in [-0.2, 0) is 0 Å². The van der Waals surface area contributed by atoms with E-state index in [1.165, 1.54) is 18.3 Å². The third-order valence-electron chi connectivity index (χ3n) is 1.28. The Labute approximate surface area is 64.6 Å². The third-order valence-corrected chi connectivity index (χ3v) is 1.28. The van der Waals surface area contributed by atoms with Crippen LogP contribution < -0.4 is 0 Å². The minimum atomic E-state index is 0.0376. The molecule has 1 rings (SSSR count). The highest BCUT2D eigenvalue weighted by Gasteiger charge is 1.97. The van der Waals surface area contributed by atoms with Crippen LogP contribution in [0.5, 0.6) is 11.5 Å². The summed E-state index contributed by atoms with van der Waals surface area (Å²) in [5, 5.41) is 18.1. The molecule has 0 saturated heterocycles. The molecule has 0 fully saturated rings. The molecule has 2 N–H and O–H groups in total. The molecule has 3 nitrogen and oxygen atoms in total. The van der Waals surface area contributed by atoms with Crippen molar-refractivity contribution in [1.29, 1.82) is 0 Å². The molecule has 0 aliphatic rings. The Morgan fingerprint density at radius 1 is 1.36 bits per heavy atom. The number of hydrogen-bond acceptors (Lipinski definition) is 3. The zero-order chi connectivity index (χ0) is 8.27. The van der Waals surface area contributed by atoms with Gasteiger partial charge in [0.2, 0.25) is 0 Å². The van der Waals surface area contributed by atoms with Gasteiger partial charge in [-0.2, -0.15) is 0 Å². The largest absolute Gasteiger partial charge is 0.508 e. The molecule has 0 radical (unpaired) electrons. The van der Waals surface area contributed by atoms with E-state index in [4.69, 9.17) is 5.11 Å². The van der Waals surface area contributed by atoms with Gasteiger partial charge in [-0.3, -0.25) is 4.99 Å². The molecule has 0 amide bonds. The fourth-order valence-electron chi connectivity index (χ4n) is 0.780. The summed E-state index contributed by atoms with van der Waals surface area (Å²) in [5.41, 5.74) is 0.602. The summed E-state index contributed by atoms with van der Waals surface area (Å²) >= 11 is 0. The van der Waals surface area contributed by atoms with E-state index in [1.54, 1.807) is 13.1 Å². The number of aromatic hydroxyl groups is 2. The molecular weight excluding hydrogens is 142 g/mol. The molecule has 0 saturated carbocycles. The minimum absolute atomic E-state index is 0.0376. The Kier molecular flexibility index (Phi) is 2.11. The lowest BCUT2D eigenvalue weighted by Gasteiger charge is -1.97. The smallest absolute Gasteiger partial charge is 0.128 e. The van der Waals surface area contributed by atoms with Gasteiger partial charge in [0.15, 0.2) is 0 Å². The summed E-state index contributed by atoms with van der Waals surface area (Å²) in [7, 11) is 1.62. The van der Waals surface area contributed by atoms with Crippen LogP contribution in [0, 0.1) is 0 Å². The Balaban J connectivity index is 3.09. The number of rotatable bonds is 1. The molecule has 0 unspecified atom stereocenters. The zero-order valence-electron chi connectivity index (χ0n) is 6.15. The van der Waals surface area contributed by atoms with Crippen LogP contribution in [0.25, 0.3) is 0 Å². The highest BCUT2D eigenvalue weighted by Crippen LogP contribution is 2.20. The fraction of sp³-hybridized carbons (Fsp3) is 0.125. The molecule has 0 aromatic heterocycles. The van der Waals surface area contributed by atoms with E-state index in [0.29, 0.717) is 5.56 Å². The van der Waals surface area contributed by atoms with Gasteiger partial charge in [0.1, 0.15) is 11.5 Å². The maximum Gasteiger partial charge on any atom is 0.128 e. The van der Waals surface area contributed by atoms with Gasteiger partial charge in [0.25, 0.3) is 0 Å². The average Bonchev–Trinajstić information content (AvgIpc) is 1.95. The molecule has 0 heterocycles. The van der Waals surface area contributed by atoms with Crippen LogP contribution in [-0.4, -0.2) is 23.5 Å². The van der Waals surface area contributed by atoms with Crippen molar-refractivity contribution >= 4 is 6.21 Å². The van der Waals surface area contributed by atoms with Crippen molar-refractivity contribution in [2.75, 3.05) is 7.05 Å². The number of hydrogen-bond donors (Lipinski definition) is 2. The van der Waals surface area contributed by atoms with Gasteiger partial charge in [0.05, 0.1) is 0 Å². The van der Waals surface area contributed by atoms with Crippen LogP contribution >= 0.6 is 0 Å². The summed E-state index contributed by atoms with van der Waals surface area (Å²) in [5.74, 6) is 0.0892. The molecule has 0 aliphatic carbocycles. The minimum Gasteiger partial charge on any atom is -0.508 e. The van der Waals surface area contributed by atoms with Gasteiger partial charge in [-0.05, 0) is 12.1 Å². The van der Waals surface area contributed by atoms with Crippen LogP contribution in [0.15, 0.2) is 23.2 Å². The fourth-order valence-corrected chi connectivity index (χ4v) is 0.780. The van der Waals surface area contributed by atoms with Gasteiger partial charge in [-0.25, -0.2) is 0 Å². The van der Waals surface area contributed by atoms with E-state index < -0.39 is 0 Å². The molecule has 11 heavy (non-hydrogen) atoms. The first-order chi connectivity index (χ1) is 5.24. The second kappa shape index (κ2) is 3.05. The van der Waals surface area contributed by atoms with Crippen LogP contribution in [0.3, 0.4) is 0 Å². The van der Waals surface area contributed by atoms with Gasteiger partial charge in [-0.15, -0.1) is 0 Å². The quantitative estimate of drug-likeness (QED) is 0.591. The normalized spacial score (nSPS) is 10.6. The summed E-state index contributed by atoms with van der Waals surface area (Å²) in [6.45, 7) is 0. The first-order valence-electron chi connectivity index (χ1n) is 3.18. The Bertz CT molecular complexity index is 281. The predicted molar refractivity (Wildman–Crippen MR) is 43.3 cm³/mol. The monoisotopic (exact) mass is 151 g/mol. The van der Waals surface area contributed by atoms with Crippen molar-refractivity contribution in [2.24, 2.45) is 4.99 Å². The molecular formula is C8H9NO2. The number of benzene rings is 1. The Hall–Kier alpha value is -1.51. The lowest BCUT2D eigenvalue weighted by molar-refractivity contribution is 0.450. The highest BCUT2D eigenvalue weighted by atomic mass is 16.3. The SMILES string of the molecule is C/N=C/c1ccc(O)cc1O. The lowest BCUT2D eigenvalue weighted by atomic mass is 10.2. The molecule has 0 aliphatic heterocycles. The number of nitrogens with zero attached hydrogens (tertiary/aromatic N) is 1. The van der Waals surface area contributed by atoms with Crippen LogP contribution in [0.4, 0.5) is 0 Å². The maximum absolute atomic E-state index is 9.17. The summed E-state index contributed by atoms with van der Waals surface area (Å²) in [6, 6.07) is 4.37. The van der Waals surface area contributed by atoms with Gasteiger partial charge in [0, 0.05) is 24.9 Å². The van der Waals surface area contributed by atoms with E-state index in [9.17, 15) is 5.11 Å². The van der Waals surface area contributed by atoms with Crippen molar-refractivity contribution in [3.05, 3.63) is 23.8 Å². The zero-order valence-corrected chi connectivity index (χ0v) is 6.15. The first kappa shape index (κ1) is 7.60. The molecule has 1 aromatic carbocycles. The molecule has 0 spiro atoms. The maximum atomic E-state index is 9.17. The highest BCUT2D eigenvalue weighted by molar-refractivity contribution is 5.83. The van der Waals surface area contributed by atoms with E-state index in [-0.39, 0.29) is 11.5 Å². The van der Waals surface area contributed by atoms with E-state index in [1.807, 2.05) is 0 Å². The van der Waals surface area contributed by atoms with Crippen molar-refractivity contribution in [2.45, 2.75) is 0 Å². The van der Waals surface area contributed by atoms with Gasteiger partial charge in [-0.1, -0.05) is 0 Å². The second-order valence-corrected chi connectivity index (χ2v) is 2.13. The predicted octanol–water partition coefficient (Wildman–Crippen LogP) is 1.15. The second-order valence-electron chi connectivity index (χ2n) is 2.13. The first-order valence-corrected chi connectivity index (χ1v) is 3.18. The molecule has 1 aromatic rings. The van der Waals surface area contributed by atoms with E-state index in [2.05, 4.69) is 4.99 Å². The Morgan fingerprint density at radius 2 is 2.09 bits per heavy atom. The van der Waals surface area contributed by atoms with Gasteiger partial charge >= 0.3 is 0 Å². The summed E-state index contributed by atoms with van der Waals surface area (Å²) < 4.78 is 0. The molecule has 0 bridgehead atoms. The number of aliphatic imine (C=N–C) groups is 1. The molecule has 58 valence electrons. The van der Waals surface area contributed by atoms with E-state index >= 15 is 0 Å². The van der Waals surface area contributed by atoms with Crippen LogP contribution in [0.2, 0.25) is 0 Å². The van der Waals surface area contributed by atoms with E-state index in [0.717, 1.165) is 0 Å². The topological polar surface area (TPSA) is 52.8 Å². The standard InChI is InChI=1S/C8H9NO2/c1-9-5-6-2-3-7(10)4-8(6)11/h2-5,10-11H,1H3/b9-5+. The van der Waals surface area contributed by atoms with Crippen molar-refractivity contribution in [1.82, 2.24) is 0 Å². The number of phenolic OH excluding ortho intramolecular Hbond substituents is 2. The third kappa shape index (κ3) is 1.70. The Morgan fingerprint density at radius 3 is 2.64 bits per heavy atom. The summed E-state index contributed by atoms with van der Waals surface area (Å²) in [6.07, 6.45) is 1.52. The average molecular weight is 151 g/mol. The summed E-state index contributed by atoms with van der Waals surface area (Å²) in [4.78, 5) is 3.73. The van der Waals surface area contributed by atoms with Crippen molar-refractivity contribution in [3.8, 4) is 11.5 Å². The van der Waals surface area contributed by atoms with Gasteiger partial charge < -0.3 is 10.2 Å². The molecule has 0 atom stereocenters. The van der Waals surface area contributed by atoms with Crippen molar-refractivity contribution in [3.63, 3.8) is 0 Å². The molecule has 3 heteroatoms. The van der Waals surface area contributed by atoms with Crippen molar-refractivity contribution < 1.29 is 10.2 Å². The van der Waals surface area contributed by atoms with Crippen LogP contribution in [0.1, 0.15) is 5.56 Å². The number of phenols is 2.